The Morgan fingerprint density at radius 1 is 1.12 bits per heavy atom. The number of alkyl halides is 2. The van der Waals surface area contributed by atoms with E-state index in [2.05, 4.69) is 10.1 Å². The van der Waals surface area contributed by atoms with Gasteiger partial charge in [0.25, 0.3) is 0 Å². The normalized spacial score (nSPS) is 11.0. The fraction of sp³-hybridized carbons (Fsp3) is 0.167. The van der Waals surface area contributed by atoms with E-state index in [1.165, 1.54) is 30.4 Å². The van der Waals surface area contributed by atoms with Crippen LogP contribution in [-0.4, -0.2) is 19.1 Å². The standard InChI is InChI=1S/C18H16F3NO2/c19-15-8-5-13(6-9-15)11-12-22-17(23)10-7-14-3-1-2-4-16(14)24-18(20)21/h1-10,18H,11-12H2,(H,22,23)/b10-7+. The number of hydrogen-bond acceptors (Lipinski definition) is 2. The first-order valence-electron chi connectivity index (χ1n) is 7.29. The van der Waals surface area contributed by atoms with Crippen LogP contribution in [-0.2, 0) is 11.2 Å². The second-order valence-corrected chi connectivity index (χ2v) is 4.92. The predicted octanol–water partition coefficient (Wildman–Crippen LogP) is 3.80. The van der Waals surface area contributed by atoms with Crippen molar-refractivity contribution in [3.8, 4) is 5.75 Å². The minimum Gasteiger partial charge on any atom is -0.434 e. The number of rotatable bonds is 7. The molecule has 0 bridgehead atoms. The monoisotopic (exact) mass is 335 g/mol. The summed E-state index contributed by atoms with van der Waals surface area (Å²) >= 11 is 0. The quantitative estimate of drug-likeness (QED) is 0.782. The molecule has 0 fully saturated rings. The lowest BCUT2D eigenvalue weighted by Gasteiger charge is -2.07. The number of benzene rings is 2. The van der Waals surface area contributed by atoms with E-state index in [0.717, 1.165) is 5.56 Å². The summed E-state index contributed by atoms with van der Waals surface area (Å²) in [6.45, 7) is -2.55. The molecular weight excluding hydrogens is 319 g/mol. The van der Waals surface area contributed by atoms with E-state index in [1.54, 1.807) is 30.3 Å². The summed E-state index contributed by atoms with van der Waals surface area (Å²) in [5.74, 6) is -0.665. The summed E-state index contributed by atoms with van der Waals surface area (Å²) in [5.41, 5.74) is 1.28. The first kappa shape index (κ1) is 17.6. The van der Waals surface area contributed by atoms with Crippen LogP contribution in [0, 0.1) is 5.82 Å². The van der Waals surface area contributed by atoms with Gasteiger partial charge in [0.1, 0.15) is 11.6 Å². The first-order valence-corrected chi connectivity index (χ1v) is 7.29. The maximum atomic E-state index is 12.8. The summed E-state index contributed by atoms with van der Waals surface area (Å²) in [4.78, 5) is 11.7. The van der Waals surface area contributed by atoms with E-state index in [-0.39, 0.29) is 17.5 Å². The van der Waals surface area contributed by atoms with Gasteiger partial charge in [-0.15, -0.1) is 0 Å². The fourth-order valence-electron chi connectivity index (χ4n) is 2.03. The van der Waals surface area contributed by atoms with Gasteiger partial charge in [-0.3, -0.25) is 4.79 Å². The zero-order valence-corrected chi connectivity index (χ0v) is 12.7. The molecule has 0 heterocycles. The topological polar surface area (TPSA) is 38.3 Å². The van der Waals surface area contributed by atoms with E-state index in [1.807, 2.05) is 0 Å². The number of hydrogen-bond donors (Lipinski definition) is 1. The lowest BCUT2D eigenvalue weighted by molar-refractivity contribution is -0.116. The summed E-state index contributed by atoms with van der Waals surface area (Å²) < 4.78 is 41.8. The van der Waals surface area contributed by atoms with Crippen molar-refractivity contribution in [1.82, 2.24) is 5.32 Å². The van der Waals surface area contributed by atoms with Crippen molar-refractivity contribution in [3.05, 3.63) is 71.6 Å². The molecule has 0 radical (unpaired) electrons. The summed E-state index contributed by atoms with van der Waals surface area (Å²) in [6.07, 6.45) is 3.22. The molecule has 0 unspecified atom stereocenters. The highest BCUT2D eigenvalue weighted by Crippen LogP contribution is 2.21. The minimum absolute atomic E-state index is 0.00265. The number of amides is 1. The van der Waals surface area contributed by atoms with Gasteiger partial charge in [-0.1, -0.05) is 30.3 Å². The van der Waals surface area contributed by atoms with E-state index in [4.69, 9.17) is 0 Å². The maximum absolute atomic E-state index is 12.8. The second kappa shape index (κ2) is 8.76. The molecule has 24 heavy (non-hydrogen) atoms. The molecule has 0 saturated carbocycles. The minimum atomic E-state index is -2.93. The third-order valence-electron chi connectivity index (χ3n) is 3.18. The lowest BCUT2D eigenvalue weighted by atomic mass is 10.1. The van der Waals surface area contributed by atoms with Gasteiger partial charge in [0.05, 0.1) is 0 Å². The molecule has 2 rings (SSSR count). The van der Waals surface area contributed by atoms with Crippen molar-refractivity contribution in [2.75, 3.05) is 6.54 Å². The highest BCUT2D eigenvalue weighted by Gasteiger charge is 2.07. The van der Waals surface area contributed by atoms with E-state index in [0.29, 0.717) is 18.5 Å². The number of carbonyl (C=O) groups excluding carboxylic acids is 1. The summed E-state index contributed by atoms with van der Waals surface area (Å²) in [6, 6.07) is 12.2. The van der Waals surface area contributed by atoms with E-state index < -0.39 is 6.61 Å². The third kappa shape index (κ3) is 5.79. The maximum Gasteiger partial charge on any atom is 0.387 e. The van der Waals surface area contributed by atoms with Crippen LogP contribution >= 0.6 is 0 Å². The molecule has 0 aliphatic heterocycles. The Hall–Kier alpha value is -2.76. The number of carbonyl (C=O) groups is 1. The molecule has 2 aromatic carbocycles. The number of nitrogens with one attached hydrogen (secondary N) is 1. The van der Waals surface area contributed by atoms with Crippen LogP contribution in [0.15, 0.2) is 54.6 Å². The molecule has 1 amide bonds. The Kier molecular flexibility index (Phi) is 6.42. The fourth-order valence-corrected chi connectivity index (χ4v) is 2.03. The summed E-state index contributed by atoms with van der Waals surface area (Å²) in [7, 11) is 0. The molecule has 0 aliphatic carbocycles. The van der Waals surface area contributed by atoms with Crippen LogP contribution in [0.1, 0.15) is 11.1 Å². The number of ether oxygens (including phenoxy) is 1. The Bertz CT molecular complexity index is 700. The largest absolute Gasteiger partial charge is 0.434 e. The van der Waals surface area contributed by atoms with Gasteiger partial charge in [0.2, 0.25) is 5.91 Å². The molecular formula is C18H16F3NO2. The van der Waals surface area contributed by atoms with Gasteiger partial charge in [-0.25, -0.2) is 4.39 Å². The highest BCUT2D eigenvalue weighted by atomic mass is 19.3. The van der Waals surface area contributed by atoms with Crippen LogP contribution in [0.3, 0.4) is 0 Å². The molecule has 1 N–H and O–H groups in total. The molecule has 0 saturated heterocycles. The van der Waals surface area contributed by atoms with Gasteiger partial charge >= 0.3 is 6.61 Å². The zero-order valence-electron chi connectivity index (χ0n) is 12.7. The predicted molar refractivity (Wildman–Crippen MR) is 85.2 cm³/mol. The van der Waals surface area contributed by atoms with Gasteiger partial charge in [0, 0.05) is 18.2 Å². The smallest absolute Gasteiger partial charge is 0.387 e. The second-order valence-electron chi connectivity index (χ2n) is 4.92. The SMILES string of the molecule is O=C(/C=C/c1ccccc1OC(F)F)NCCc1ccc(F)cc1. The van der Waals surface area contributed by atoms with Crippen LogP contribution in [0.25, 0.3) is 6.08 Å². The zero-order chi connectivity index (χ0) is 17.4. The molecule has 0 spiro atoms. The molecule has 126 valence electrons. The Balaban J connectivity index is 1.85. The van der Waals surface area contributed by atoms with Crippen molar-refractivity contribution in [2.45, 2.75) is 13.0 Å². The van der Waals surface area contributed by atoms with Gasteiger partial charge < -0.3 is 10.1 Å². The van der Waals surface area contributed by atoms with Crippen molar-refractivity contribution < 1.29 is 22.7 Å². The van der Waals surface area contributed by atoms with Crippen LogP contribution in [0.2, 0.25) is 0 Å². The van der Waals surface area contributed by atoms with Crippen molar-refractivity contribution in [3.63, 3.8) is 0 Å². The van der Waals surface area contributed by atoms with E-state index in [9.17, 15) is 18.0 Å². The Morgan fingerprint density at radius 2 is 1.83 bits per heavy atom. The van der Waals surface area contributed by atoms with Crippen molar-refractivity contribution in [1.29, 1.82) is 0 Å². The Morgan fingerprint density at radius 3 is 2.54 bits per heavy atom. The lowest BCUT2D eigenvalue weighted by Crippen LogP contribution is -2.23. The first-order chi connectivity index (χ1) is 11.5. The van der Waals surface area contributed by atoms with Crippen LogP contribution in [0.4, 0.5) is 13.2 Å². The van der Waals surface area contributed by atoms with Gasteiger partial charge in [-0.05, 0) is 36.3 Å². The highest BCUT2D eigenvalue weighted by molar-refractivity contribution is 5.92. The van der Waals surface area contributed by atoms with Crippen LogP contribution < -0.4 is 10.1 Å². The number of halogens is 3. The van der Waals surface area contributed by atoms with Crippen molar-refractivity contribution >= 4 is 12.0 Å². The average molecular weight is 335 g/mol. The Labute approximate surface area is 137 Å². The molecule has 0 atom stereocenters. The number of para-hydroxylation sites is 1. The molecule has 0 aromatic heterocycles. The molecule has 2 aromatic rings. The van der Waals surface area contributed by atoms with Crippen LogP contribution in [0.5, 0.6) is 5.75 Å². The third-order valence-corrected chi connectivity index (χ3v) is 3.18. The summed E-state index contributed by atoms with van der Waals surface area (Å²) in [5, 5.41) is 2.67. The van der Waals surface area contributed by atoms with Gasteiger partial charge in [-0.2, -0.15) is 8.78 Å². The van der Waals surface area contributed by atoms with Crippen molar-refractivity contribution in [2.24, 2.45) is 0 Å². The molecule has 0 aliphatic rings. The van der Waals surface area contributed by atoms with E-state index >= 15 is 0 Å². The molecule has 6 heteroatoms. The molecule has 3 nitrogen and oxygen atoms in total. The van der Waals surface area contributed by atoms with Gasteiger partial charge in [0.15, 0.2) is 0 Å². The average Bonchev–Trinajstić information content (AvgIpc) is 2.55.